The first-order chi connectivity index (χ1) is 7.70. The smallest absolute Gasteiger partial charge is 0.0419 e. The van der Waals surface area contributed by atoms with Crippen LogP contribution in [0.1, 0.15) is 38.2 Å². The van der Waals surface area contributed by atoms with Crippen LogP contribution in [0.5, 0.6) is 0 Å². The van der Waals surface area contributed by atoms with Crippen molar-refractivity contribution in [2.45, 2.75) is 45.6 Å². The first-order valence-corrected chi connectivity index (χ1v) is 6.32. The van der Waals surface area contributed by atoms with Crippen molar-refractivity contribution in [1.29, 1.82) is 0 Å². The highest BCUT2D eigenvalue weighted by Gasteiger charge is 2.18. The maximum atomic E-state index is 5.99. The molecule has 1 unspecified atom stereocenters. The second-order valence-electron chi connectivity index (χ2n) is 4.88. The molecule has 1 aliphatic heterocycles. The first-order valence-electron chi connectivity index (χ1n) is 6.32. The van der Waals surface area contributed by atoms with Crippen molar-refractivity contribution in [2.75, 3.05) is 17.2 Å². The molecule has 1 aliphatic rings. The average Bonchev–Trinajstić information content (AvgIpc) is 2.47. The van der Waals surface area contributed by atoms with Crippen LogP contribution in [-0.2, 0) is 0 Å². The maximum Gasteiger partial charge on any atom is 0.0419 e. The molecule has 2 N–H and O–H groups in total. The molecule has 2 heteroatoms. The van der Waals surface area contributed by atoms with Crippen molar-refractivity contribution in [2.24, 2.45) is 0 Å². The molecule has 0 aromatic heterocycles. The summed E-state index contributed by atoms with van der Waals surface area (Å²) in [5, 5.41) is 0. The van der Waals surface area contributed by atoms with E-state index in [0.29, 0.717) is 6.04 Å². The monoisotopic (exact) mass is 218 g/mol. The summed E-state index contributed by atoms with van der Waals surface area (Å²) < 4.78 is 0. The minimum Gasteiger partial charge on any atom is -0.398 e. The van der Waals surface area contributed by atoms with Crippen LogP contribution in [0.15, 0.2) is 18.2 Å². The molecule has 1 aromatic rings. The third-order valence-electron chi connectivity index (χ3n) is 3.71. The van der Waals surface area contributed by atoms with E-state index in [9.17, 15) is 0 Å². The van der Waals surface area contributed by atoms with Gasteiger partial charge in [-0.1, -0.05) is 18.9 Å². The predicted octanol–water partition coefficient (Wildman–Crippen LogP) is 3.35. The topological polar surface area (TPSA) is 29.3 Å². The Morgan fingerprint density at radius 1 is 1.25 bits per heavy atom. The number of hydrogen-bond acceptors (Lipinski definition) is 2. The molecule has 1 aromatic carbocycles. The van der Waals surface area contributed by atoms with Crippen molar-refractivity contribution in [3.8, 4) is 0 Å². The van der Waals surface area contributed by atoms with E-state index in [2.05, 4.69) is 30.9 Å². The van der Waals surface area contributed by atoms with Gasteiger partial charge < -0.3 is 10.6 Å². The van der Waals surface area contributed by atoms with Gasteiger partial charge in [0.05, 0.1) is 0 Å². The molecule has 0 saturated carbocycles. The van der Waals surface area contributed by atoms with Crippen LogP contribution in [0.3, 0.4) is 0 Å². The van der Waals surface area contributed by atoms with Crippen LogP contribution in [0.25, 0.3) is 0 Å². The molecule has 2 nitrogen and oxygen atoms in total. The molecule has 16 heavy (non-hydrogen) atoms. The fourth-order valence-electron chi connectivity index (χ4n) is 2.58. The summed E-state index contributed by atoms with van der Waals surface area (Å²) in [6, 6.07) is 6.90. The van der Waals surface area contributed by atoms with Gasteiger partial charge in [-0.3, -0.25) is 0 Å². The molecule has 1 atom stereocenters. The summed E-state index contributed by atoms with van der Waals surface area (Å²) >= 11 is 0. The number of hydrogen-bond donors (Lipinski definition) is 1. The van der Waals surface area contributed by atoms with E-state index >= 15 is 0 Å². The number of rotatable bonds is 1. The minimum absolute atomic E-state index is 0.642. The number of nitrogens with zero attached hydrogens (tertiary/aromatic N) is 1. The van der Waals surface area contributed by atoms with Gasteiger partial charge in [-0.05, 0) is 44.4 Å². The third kappa shape index (κ3) is 2.16. The Kier molecular flexibility index (Phi) is 3.37. The van der Waals surface area contributed by atoms with Crippen molar-refractivity contribution >= 4 is 11.4 Å². The summed E-state index contributed by atoms with van der Waals surface area (Å²) in [6.07, 6.45) is 5.33. The Morgan fingerprint density at radius 2 is 2.06 bits per heavy atom. The van der Waals surface area contributed by atoms with E-state index in [4.69, 9.17) is 5.73 Å². The third-order valence-corrected chi connectivity index (χ3v) is 3.71. The molecule has 0 amide bonds. The van der Waals surface area contributed by atoms with E-state index in [0.717, 1.165) is 5.69 Å². The minimum atomic E-state index is 0.642. The lowest BCUT2D eigenvalue weighted by Crippen LogP contribution is -2.33. The number of benzene rings is 1. The van der Waals surface area contributed by atoms with Crippen LogP contribution in [0.2, 0.25) is 0 Å². The van der Waals surface area contributed by atoms with Gasteiger partial charge in [0.1, 0.15) is 0 Å². The normalized spacial score (nSPS) is 21.9. The van der Waals surface area contributed by atoms with Gasteiger partial charge in [0.25, 0.3) is 0 Å². The van der Waals surface area contributed by atoms with Gasteiger partial charge in [-0.25, -0.2) is 0 Å². The maximum absolute atomic E-state index is 5.99. The van der Waals surface area contributed by atoms with Gasteiger partial charge in [0.15, 0.2) is 0 Å². The average molecular weight is 218 g/mol. The predicted molar refractivity (Wildman–Crippen MR) is 70.9 cm³/mol. The van der Waals surface area contributed by atoms with Gasteiger partial charge in [-0.2, -0.15) is 0 Å². The second kappa shape index (κ2) is 4.77. The van der Waals surface area contributed by atoms with Gasteiger partial charge in [0, 0.05) is 24.0 Å². The Balaban J connectivity index is 2.30. The highest BCUT2D eigenvalue weighted by atomic mass is 15.2. The molecular formula is C14H22N2. The molecule has 0 bridgehead atoms. The fraction of sp³-hybridized carbons (Fsp3) is 0.571. The zero-order valence-electron chi connectivity index (χ0n) is 10.4. The standard InChI is InChI=1S/C14H22N2/c1-11-7-4-3-5-10-16(11)14-9-6-8-13(15)12(14)2/h6,8-9,11H,3-5,7,10,15H2,1-2H3. The van der Waals surface area contributed by atoms with Crippen molar-refractivity contribution in [3.05, 3.63) is 23.8 Å². The SMILES string of the molecule is Cc1c(N)cccc1N1CCCCCC1C. The molecule has 1 saturated heterocycles. The largest absolute Gasteiger partial charge is 0.398 e. The Bertz CT molecular complexity index is 360. The molecular weight excluding hydrogens is 196 g/mol. The lowest BCUT2D eigenvalue weighted by Gasteiger charge is -2.31. The Labute approximate surface area is 98.4 Å². The van der Waals surface area contributed by atoms with Gasteiger partial charge in [0.2, 0.25) is 0 Å². The summed E-state index contributed by atoms with van der Waals surface area (Å²) in [6.45, 7) is 5.63. The van der Waals surface area contributed by atoms with Crippen LogP contribution < -0.4 is 10.6 Å². The van der Waals surface area contributed by atoms with E-state index in [1.807, 2.05) is 6.07 Å². The zero-order chi connectivity index (χ0) is 11.5. The van der Waals surface area contributed by atoms with E-state index < -0.39 is 0 Å². The molecule has 2 rings (SSSR count). The summed E-state index contributed by atoms with van der Waals surface area (Å²) in [7, 11) is 0. The van der Waals surface area contributed by atoms with Crippen molar-refractivity contribution < 1.29 is 0 Å². The van der Waals surface area contributed by atoms with Crippen LogP contribution in [0.4, 0.5) is 11.4 Å². The van der Waals surface area contributed by atoms with Crippen LogP contribution in [-0.4, -0.2) is 12.6 Å². The van der Waals surface area contributed by atoms with Crippen molar-refractivity contribution in [3.63, 3.8) is 0 Å². The van der Waals surface area contributed by atoms with E-state index in [-0.39, 0.29) is 0 Å². The summed E-state index contributed by atoms with van der Waals surface area (Å²) in [5.74, 6) is 0. The zero-order valence-corrected chi connectivity index (χ0v) is 10.4. The van der Waals surface area contributed by atoms with Gasteiger partial charge in [-0.15, -0.1) is 0 Å². The number of anilines is 2. The van der Waals surface area contributed by atoms with Crippen molar-refractivity contribution in [1.82, 2.24) is 0 Å². The quantitative estimate of drug-likeness (QED) is 0.732. The van der Waals surface area contributed by atoms with Gasteiger partial charge >= 0.3 is 0 Å². The molecule has 1 heterocycles. The first kappa shape index (κ1) is 11.3. The lowest BCUT2D eigenvalue weighted by molar-refractivity contribution is 0.615. The molecule has 1 fully saturated rings. The second-order valence-corrected chi connectivity index (χ2v) is 4.88. The fourth-order valence-corrected chi connectivity index (χ4v) is 2.58. The van der Waals surface area contributed by atoms with Crippen LogP contribution in [0, 0.1) is 6.92 Å². The molecule has 0 radical (unpaired) electrons. The van der Waals surface area contributed by atoms with E-state index in [1.165, 1.54) is 43.5 Å². The summed E-state index contributed by atoms with van der Waals surface area (Å²) in [5.41, 5.74) is 9.46. The Hall–Kier alpha value is -1.18. The number of nitrogen functional groups attached to an aromatic ring is 1. The molecule has 0 aliphatic carbocycles. The van der Waals surface area contributed by atoms with E-state index in [1.54, 1.807) is 0 Å². The Morgan fingerprint density at radius 3 is 2.88 bits per heavy atom. The molecule has 0 spiro atoms. The summed E-state index contributed by atoms with van der Waals surface area (Å²) in [4.78, 5) is 2.53. The molecule has 88 valence electrons. The lowest BCUT2D eigenvalue weighted by atomic mass is 10.1. The highest BCUT2D eigenvalue weighted by molar-refractivity contribution is 5.64. The number of nitrogens with two attached hydrogens (primary N) is 1. The highest BCUT2D eigenvalue weighted by Crippen LogP contribution is 2.29. The van der Waals surface area contributed by atoms with Crippen LogP contribution >= 0.6 is 0 Å².